The van der Waals surface area contributed by atoms with Crippen LogP contribution in [-0.2, 0) is 16.4 Å². The third-order valence-electron chi connectivity index (χ3n) is 2.68. The Morgan fingerprint density at radius 2 is 2.05 bits per heavy atom. The minimum absolute atomic E-state index is 0.0550. The Balaban J connectivity index is 2.02. The average Bonchev–Trinajstić information content (AvgIpc) is 2.86. The molecular weight excluding hydrogens is 332 g/mol. The summed E-state index contributed by atoms with van der Waals surface area (Å²) < 4.78 is 30.7. The maximum absolute atomic E-state index is 11.6. The van der Waals surface area contributed by atoms with Crippen LogP contribution < -0.4 is 9.46 Å². The third-order valence-corrected chi connectivity index (χ3v) is 5.38. The van der Waals surface area contributed by atoms with E-state index >= 15 is 0 Å². The van der Waals surface area contributed by atoms with Crippen LogP contribution in [0.25, 0.3) is 0 Å². The number of benzene rings is 1. The zero-order valence-corrected chi connectivity index (χ0v) is 13.8. The molecule has 0 aliphatic carbocycles. The molecule has 0 bridgehead atoms. The van der Waals surface area contributed by atoms with Crippen molar-refractivity contribution in [3.8, 4) is 5.75 Å². The number of nitrogens with zero attached hydrogens (tertiary/aromatic N) is 1. The number of ether oxygens (including phenoxy) is 1. The van der Waals surface area contributed by atoms with Crippen molar-refractivity contribution < 1.29 is 13.2 Å². The van der Waals surface area contributed by atoms with Crippen molar-refractivity contribution in [2.45, 2.75) is 6.42 Å². The van der Waals surface area contributed by atoms with E-state index in [-0.39, 0.29) is 11.6 Å². The lowest BCUT2D eigenvalue weighted by Gasteiger charge is -2.02. The number of thiazole rings is 1. The van der Waals surface area contributed by atoms with Crippen LogP contribution in [0.1, 0.15) is 10.4 Å². The SMILES string of the molecule is COc1ccc(Cc2cnc(NS(=O)(=O)CCCl)s2)cc1. The summed E-state index contributed by atoms with van der Waals surface area (Å²) in [7, 11) is -1.78. The second-order valence-corrected chi connectivity index (χ2v) is 7.60. The lowest BCUT2D eigenvalue weighted by atomic mass is 10.1. The minimum atomic E-state index is -3.40. The number of hydrogen-bond acceptors (Lipinski definition) is 5. The molecule has 2 aromatic rings. The van der Waals surface area contributed by atoms with E-state index < -0.39 is 10.0 Å². The monoisotopic (exact) mass is 346 g/mol. The fourth-order valence-electron chi connectivity index (χ4n) is 1.67. The van der Waals surface area contributed by atoms with Crippen LogP contribution in [0.5, 0.6) is 5.75 Å². The first-order chi connectivity index (χ1) is 10.0. The largest absolute Gasteiger partial charge is 0.497 e. The van der Waals surface area contributed by atoms with E-state index in [0.717, 1.165) is 16.2 Å². The molecule has 1 aromatic carbocycles. The normalized spacial score (nSPS) is 11.3. The molecule has 0 amide bonds. The molecule has 1 N–H and O–H groups in total. The summed E-state index contributed by atoms with van der Waals surface area (Å²) >= 11 is 6.76. The lowest BCUT2D eigenvalue weighted by Crippen LogP contribution is -2.17. The first-order valence-corrected chi connectivity index (χ1v) is 9.17. The molecule has 1 heterocycles. The quantitative estimate of drug-likeness (QED) is 0.783. The van der Waals surface area contributed by atoms with Gasteiger partial charge in [-0.05, 0) is 17.7 Å². The second kappa shape index (κ2) is 7.11. The van der Waals surface area contributed by atoms with Gasteiger partial charge in [0.1, 0.15) is 5.75 Å². The Morgan fingerprint density at radius 1 is 1.33 bits per heavy atom. The van der Waals surface area contributed by atoms with Gasteiger partial charge in [-0.1, -0.05) is 12.1 Å². The van der Waals surface area contributed by atoms with Crippen LogP contribution in [0.3, 0.4) is 0 Å². The predicted octanol–water partition coefficient (Wildman–Crippen LogP) is 2.72. The number of nitrogens with one attached hydrogen (secondary N) is 1. The van der Waals surface area contributed by atoms with Crippen molar-refractivity contribution in [2.24, 2.45) is 0 Å². The molecule has 0 unspecified atom stereocenters. The van der Waals surface area contributed by atoms with Crippen LogP contribution in [0.4, 0.5) is 5.13 Å². The summed E-state index contributed by atoms with van der Waals surface area (Å²) in [5.41, 5.74) is 1.11. The molecule has 0 saturated carbocycles. The Morgan fingerprint density at radius 3 is 2.67 bits per heavy atom. The van der Waals surface area contributed by atoms with Crippen molar-refractivity contribution in [1.29, 1.82) is 0 Å². The van der Waals surface area contributed by atoms with Crippen LogP contribution in [-0.4, -0.2) is 32.1 Å². The molecule has 0 aliphatic heterocycles. The first-order valence-electron chi connectivity index (χ1n) is 6.16. The Kier molecular flexibility index (Phi) is 5.44. The van der Waals surface area contributed by atoms with E-state index in [4.69, 9.17) is 16.3 Å². The van der Waals surface area contributed by atoms with Gasteiger partial charge in [-0.15, -0.1) is 22.9 Å². The number of anilines is 1. The van der Waals surface area contributed by atoms with Crippen LogP contribution in [0.2, 0.25) is 0 Å². The predicted molar refractivity (Wildman–Crippen MR) is 86.0 cm³/mol. The molecule has 0 atom stereocenters. The molecular formula is C13H15ClN2O3S2. The molecule has 5 nitrogen and oxygen atoms in total. The van der Waals surface area contributed by atoms with Gasteiger partial charge in [0.15, 0.2) is 5.13 Å². The van der Waals surface area contributed by atoms with Gasteiger partial charge in [0.2, 0.25) is 10.0 Å². The number of halogens is 1. The molecule has 0 fully saturated rings. The van der Waals surface area contributed by atoms with E-state index in [1.165, 1.54) is 11.3 Å². The first kappa shape index (κ1) is 16.1. The third kappa shape index (κ3) is 4.87. The molecule has 114 valence electrons. The number of aromatic nitrogens is 1. The van der Waals surface area contributed by atoms with Gasteiger partial charge in [0.05, 0.1) is 12.9 Å². The number of alkyl halides is 1. The van der Waals surface area contributed by atoms with E-state index in [9.17, 15) is 8.42 Å². The highest BCUT2D eigenvalue weighted by Crippen LogP contribution is 2.23. The summed E-state index contributed by atoms with van der Waals surface area (Å²) in [6.45, 7) is 0. The van der Waals surface area contributed by atoms with Crippen molar-refractivity contribution >= 4 is 38.1 Å². The fourth-order valence-corrected chi connectivity index (χ4v) is 4.15. The standard InChI is InChI=1S/C13H15ClN2O3S2/c1-19-11-4-2-10(3-5-11)8-12-9-15-13(20-12)16-21(17,18)7-6-14/h2-5,9H,6-8H2,1H3,(H,15,16). The van der Waals surface area contributed by atoms with Gasteiger partial charge in [0.25, 0.3) is 0 Å². The Hall–Kier alpha value is -1.31. The molecule has 0 saturated heterocycles. The van der Waals surface area contributed by atoms with Gasteiger partial charge in [-0.25, -0.2) is 13.4 Å². The highest BCUT2D eigenvalue weighted by Gasteiger charge is 2.12. The highest BCUT2D eigenvalue weighted by atomic mass is 35.5. The summed E-state index contributed by atoms with van der Waals surface area (Å²) in [6, 6.07) is 7.71. The summed E-state index contributed by atoms with van der Waals surface area (Å²) in [5.74, 6) is 0.735. The zero-order chi connectivity index (χ0) is 15.3. The van der Waals surface area contributed by atoms with Crippen LogP contribution in [0, 0.1) is 0 Å². The van der Waals surface area contributed by atoms with E-state index in [1.807, 2.05) is 24.3 Å². The van der Waals surface area contributed by atoms with Gasteiger partial charge in [-0.2, -0.15) is 0 Å². The van der Waals surface area contributed by atoms with Crippen molar-refractivity contribution in [1.82, 2.24) is 4.98 Å². The van der Waals surface area contributed by atoms with Gasteiger partial charge in [-0.3, -0.25) is 4.72 Å². The van der Waals surface area contributed by atoms with Crippen LogP contribution in [0.15, 0.2) is 30.5 Å². The maximum atomic E-state index is 11.6. The summed E-state index contributed by atoms with van der Waals surface area (Å²) in [6.07, 6.45) is 2.37. The second-order valence-electron chi connectivity index (χ2n) is 4.27. The number of sulfonamides is 1. The molecule has 21 heavy (non-hydrogen) atoms. The number of hydrogen-bond donors (Lipinski definition) is 1. The molecule has 0 spiro atoms. The number of rotatable bonds is 7. The van der Waals surface area contributed by atoms with Crippen molar-refractivity contribution in [3.05, 3.63) is 40.9 Å². The topological polar surface area (TPSA) is 68.3 Å². The van der Waals surface area contributed by atoms with Crippen LogP contribution >= 0.6 is 22.9 Å². The molecule has 8 heteroatoms. The highest BCUT2D eigenvalue weighted by molar-refractivity contribution is 7.92. The Labute approximate surface area is 133 Å². The lowest BCUT2D eigenvalue weighted by molar-refractivity contribution is 0.414. The molecule has 0 radical (unpaired) electrons. The van der Waals surface area contributed by atoms with E-state index in [2.05, 4.69) is 9.71 Å². The smallest absolute Gasteiger partial charge is 0.235 e. The summed E-state index contributed by atoms with van der Waals surface area (Å²) in [5, 5.41) is 0.364. The van der Waals surface area contributed by atoms with Gasteiger partial charge in [0, 0.05) is 23.4 Å². The molecule has 1 aromatic heterocycles. The maximum Gasteiger partial charge on any atom is 0.235 e. The van der Waals surface area contributed by atoms with Gasteiger partial charge < -0.3 is 4.74 Å². The Bertz CT molecular complexity index is 684. The molecule has 0 aliphatic rings. The van der Waals surface area contributed by atoms with Crippen molar-refractivity contribution in [3.63, 3.8) is 0 Å². The average molecular weight is 347 g/mol. The van der Waals surface area contributed by atoms with Crippen molar-refractivity contribution in [2.75, 3.05) is 23.5 Å². The summed E-state index contributed by atoms with van der Waals surface area (Å²) in [4.78, 5) is 5.05. The zero-order valence-electron chi connectivity index (χ0n) is 11.4. The molecule has 2 rings (SSSR count). The van der Waals surface area contributed by atoms with E-state index in [1.54, 1.807) is 13.3 Å². The fraction of sp³-hybridized carbons (Fsp3) is 0.308. The minimum Gasteiger partial charge on any atom is -0.497 e. The van der Waals surface area contributed by atoms with E-state index in [0.29, 0.717) is 11.6 Å². The van der Waals surface area contributed by atoms with Gasteiger partial charge >= 0.3 is 0 Å². The number of methoxy groups -OCH3 is 1.